The molecule has 0 aliphatic rings. The third kappa shape index (κ3) is 3.18. The molecule has 0 spiro atoms. The van der Waals surface area contributed by atoms with Crippen molar-refractivity contribution in [2.75, 3.05) is 0 Å². The van der Waals surface area contributed by atoms with E-state index in [1.807, 2.05) is 18.2 Å². The summed E-state index contributed by atoms with van der Waals surface area (Å²) in [5.74, 6) is 0.857. The molecule has 1 heterocycles. The van der Waals surface area contributed by atoms with E-state index in [-0.39, 0.29) is 5.28 Å². The van der Waals surface area contributed by atoms with Crippen LogP contribution in [0.3, 0.4) is 0 Å². The molecule has 1 aromatic carbocycles. The van der Waals surface area contributed by atoms with E-state index in [2.05, 4.69) is 27.3 Å². The van der Waals surface area contributed by atoms with Crippen molar-refractivity contribution in [1.29, 1.82) is 0 Å². The van der Waals surface area contributed by atoms with Gasteiger partial charge >= 0.3 is 0 Å². The Bertz CT molecular complexity index is 436. The van der Waals surface area contributed by atoms with Gasteiger partial charge in [-0.1, -0.05) is 42.1 Å². The lowest BCUT2D eigenvalue weighted by molar-refractivity contribution is 0.903. The zero-order chi connectivity index (χ0) is 10.5. The largest absolute Gasteiger partial charge is 0.244 e. The molecule has 76 valence electrons. The zero-order valence-corrected chi connectivity index (χ0v) is 9.37. The van der Waals surface area contributed by atoms with Crippen LogP contribution in [0, 0.1) is 0 Å². The van der Waals surface area contributed by atoms with Crippen molar-refractivity contribution in [3.8, 4) is 0 Å². The second-order valence-corrected chi connectivity index (χ2v) is 4.17. The smallest absolute Gasteiger partial charge is 0.208 e. The SMILES string of the molecule is Clc1nncc(SCc2ccccc2)n1. The minimum atomic E-state index is 0.188. The van der Waals surface area contributed by atoms with Gasteiger partial charge in [0.05, 0.1) is 6.20 Å². The number of nitrogens with zero attached hydrogens (tertiary/aromatic N) is 3. The van der Waals surface area contributed by atoms with E-state index < -0.39 is 0 Å². The summed E-state index contributed by atoms with van der Waals surface area (Å²) >= 11 is 7.22. The number of halogens is 1. The summed E-state index contributed by atoms with van der Waals surface area (Å²) in [5.41, 5.74) is 1.25. The summed E-state index contributed by atoms with van der Waals surface area (Å²) in [6.45, 7) is 0. The predicted molar refractivity (Wildman–Crippen MR) is 60.8 cm³/mol. The third-order valence-electron chi connectivity index (χ3n) is 1.74. The first kappa shape index (κ1) is 10.4. The van der Waals surface area contributed by atoms with Crippen molar-refractivity contribution in [2.45, 2.75) is 10.8 Å². The van der Waals surface area contributed by atoms with E-state index in [0.29, 0.717) is 0 Å². The van der Waals surface area contributed by atoms with Crippen molar-refractivity contribution in [3.05, 3.63) is 47.4 Å². The van der Waals surface area contributed by atoms with Crippen molar-refractivity contribution in [1.82, 2.24) is 15.2 Å². The molecule has 2 rings (SSSR count). The van der Waals surface area contributed by atoms with E-state index in [9.17, 15) is 0 Å². The highest BCUT2D eigenvalue weighted by atomic mass is 35.5. The summed E-state index contributed by atoms with van der Waals surface area (Å²) in [6.07, 6.45) is 1.61. The average Bonchev–Trinajstić information content (AvgIpc) is 2.28. The highest BCUT2D eigenvalue weighted by Crippen LogP contribution is 2.20. The number of thioether (sulfide) groups is 1. The van der Waals surface area contributed by atoms with Crippen molar-refractivity contribution >= 4 is 23.4 Å². The zero-order valence-electron chi connectivity index (χ0n) is 7.80. The Kier molecular flexibility index (Phi) is 3.53. The maximum Gasteiger partial charge on any atom is 0.244 e. The van der Waals surface area contributed by atoms with Crippen LogP contribution in [0.1, 0.15) is 5.56 Å². The van der Waals surface area contributed by atoms with E-state index >= 15 is 0 Å². The second kappa shape index (κ2) is 5.09. The van der Waals surface area contributed by atoms with Crippen LogP contribution in [0.25, 0.3) is 0 Å². The number of aromatic nitrogens is 3. The van der Waals surface area contributed by atoms with E-state index in [1.54, 1.807) is 18.0 Å². The van der Waals surface area contributed by atoms with Gasteiger partial charge in [-0.15, -0.1) is 5.10 Å². The van der Waals surface area contributed by atoms with Crippen molar-refractivity contribution < 1.29 is 0 Å². The molecule has 0 radical (unpaired) electrons. The normalized spacial score (nSPS) is 10.2. The number of rotatable bonds is 3. The molecule has 0 atom stereocenters. The molecule has 0 fully saturated rings. The highest BCUT2D eigenvalue weighted by Gasteiger charge is 1.99. The fourth-order valence-corrected chi connectivity index (χ4v) is 2.03. The van der Waals surface area contributed by atoms with Gasteiger partial charge in [0.1, 0.15) is 5.03 Å². The fourth-order valence-electron chi connectivity index (χ4n) is 1.07. The van der Waals surface area contributed by atoms with Gasteiger partial charge in [0.15, 0.2) is 0 Å². The second-order valence-electron chi connectivity index (χ2n) is 2.84. The molecule has 5 heteroatoms. The van der Waals surface area contributed by atoms with Gasteiger partial charge in [-0.2, -0.15) is 5.10 Å². The van der Waals surface area contributed by atoms with Gasteiger partial charge in [0.2, 0.25) is 5.28 Å². The lowest BCUT2D eigenvalue weighted by Gasteiger charge is -1.99. The first-order valence-electron chi connectivity index (χ1n) is 4.36. The summed E-state index contributed by atoms with van der Waals surface area (Å²) in [4.78, 5) is 4.04. The standard InChI is InChI=1S/C10H8ClN3S/c11-10-13-9(6-12-14-10)15-7-8-4-2-1-3-5-8/h1-6H,7H2. The van der Waals surface area contributed by atoms with Crippen molar-refractivity contribution in [3.63, 3.8) is 0 Å². The van der Waals surface area contributed by atoms with E-state index in [0.717, 1.165) is 10.8 Å². The molecule has 0 aliphatic heterocycles. The maximum atomic E-state index is 5.63. The Labute approximate surface area is 96.9 Å². The van der Waals surface area contributed by atoms with Gasteiger partial charge in [-0.3, -0.25) is 0 Å². The first-order valence-corrected chi connectivity index (χ1v) is 5.73. The van der Waals surface area contributed by atoms with Crippen LogP contribution in [0.4, 0.5) is 0 Å². The van der Waals surface area contributed by atoms with Gasteiger partial charge in [-0.05, 0) is 17.2 Å². The van der Waals surface area contributed by atoms with Crippen LogP contribution in [0.2, 0.25) is 5.28 Å². The van der Waals surface area contributed by atoms with Crippen LogP contribution >= 0.6 is 23.4 Å². The molecule has 2 aromatic rings. The molecule has 0 aliphatic carbocycles. The molecule has 1 aromatic heterocycles. The Morgan fingerprint density at radius 3 is 2.73 bits per heavy atom. The summed E-state index contributed by atoms with van der Waals surface area (Å²) < 4.78 is 0. The minimum Gasteiger partial charge on any atom is -0.208 e. The number of benzene rings is 1. The van der Waals surface area contributed by atoms with Crippen LogP contribution in [0.15, 0.2) is 41.6 Å². The van der Waals surface area contributed by atoms with Gasteiger partial charge < -0.3 is 0 Å². The summed E-state index contributed by atoms with van der Waals surface area (Å²) in [7, 11) is 0. The lowest BCUT2D eigenvalue weighted by atomic mass is 10.2. The molecule has 3 nitrogen and oxygen atoms in total. The van der Waals surface area contributed by atoms with Crippen LogP contribution in [0.5, 0.6) is 0 Å². The Balaban J connectivity index is 1.99. The van der Waals surface area contributed by atoms with Gasteiger partial charge in [0, 0.05) is 5.75 Å². The molecule has 0 bridgehead atoms. The third-order valence-corrected chi connectivity index (χ3v) is 2.87. The Morgan fingerprint density at radius 2 is 2.00 bits per heavy atom. The van der Waals surface area contributed by atoms with Gasteiger partial charge in [-0.25, -0.2) is 4.98 Å². The Morgan fingerprint density at radius 1 is 1.20 bits per heavy atom. The maximum absolute atomic E-state index is 5.63. The quantitative estimate of drug-likeness (QED) is 0.770. The molecule has 0 unspecified atom stereocenters. The van der Waals surface area contributed by atoms with E-state index in [1.165, 1.54) is 5.56 Å². The highest BCUT2D eigenvalue weighted by molar-refractivity contribution is 7.98. The first-order chi connectivity index (χ1) is 7.34. The number of hydrogen-bond donors (Lipinski definition) is 0. The summed E-state index contributed by atoms with van der Waals surface area (Å²) in [5, 5.41) is 8.30. The molecule has 15 heavy (non-hydrogen) atoms. The molecular formula is C10H8ClN3S. The van der Waals surface area contributed by atoms with E-state index in [4.69, 9.17) is 11.6 Å². The Hall–Kier alpha value is -1.13. The fraction of sp³-hybridized carbons (Fsp3) is 0.100. The lowest BCUT2D eigenvalue weighted by Crippen LogP contribution is -1.89. The van der Waals surface area contributed by atoms with Crippen LogP contribution in [-0.4, -0.2) is 15.2 Å². The predicted octanol–water partition coefficient (Wildman–Crippen LogP) is 2.82. The van der Waals surface area contributed by atoms with Crippen molar-refractivity contribution in [2.24, 2.45) is 0 Å². The van der Waals surface area contributed by atoms with Gasteiger partial charge in [0.25, 0.3) is 0 Å². The summed E-state index contributed by atoms with van der Waals surface area (Å²) in [6, 6.07) is 10.2. The molecule has 0 saturated carbocycles. The molecule has 0 saturated heterocycles. The minimum absolute atomic E-state index is 0.188. The number of hydrogen-bond acceptors (Lipinski definition) is 4. The topological polar surface area (TPSA) is 38.7 Å². The molecular weight excluding hydrogens is 230 g/mol. The molecule has 0 amide bonds. The monoisotopic (exact) mass is 237 g/mol. The molecule has 0 N–H and O–H groups in total. The average molecular weight is 238 g/mol. The van der Waals surface area contributed by atoms with Crippen LogP contribution in [-0.2, 0) is 5.75 Å². The van der Waals surface area contributed by atoms with Crippen LogP contribution < -0.4 is 0 Å².